The van der Waals surface area contributed by atoms with Crippen molar-refractivity contribution in [3.05, 3.63) is 23.9 Å². The third-order valence-corrected chi connectivity index (χ3v) is 3.47. The molecule has 0 aromatic carbocycles. The normalized spacial score (nSPS) is 21.5. The molecule has 5 nitrogen and oxygen atoms in total. The number of guanidine groups is 1. The molecule has 0 aliphatic heterocycles. The molecule has 1 aromatic rings. The van der Waals surface area contributed by atoms with Crippen LogP contribution < -0.4 is 15.5 Å². The van der Waals surface area contributed by atoms with Crippen LogP contribution >= 0.6 is 0 Å². The van der Waals surface area contributed by atoms with Crippen LogP contribution in [0, 0.1) is 5.92 Å². The van der Waals surface area contributed by atoms with Gasteiger partial charge in [0.2, 0.25) is 0 Å². The van der Waals surface area contributed by atoms with Crippen molar-refractivity contribution in [1.82, 2.24) is 15.6 Å². The first-order chi connectivity index (χ1) is 9.61. The SMILES string of the molecule is CCNC(=NCc1cccnc1N(C)C)NC1CC1C. The molecule has 0 amide bonds. The van der Waals surface area contributed by atoms with Crippen LogP contribution in [0.2, 0.25) is 0 Å². The van der Waals surface area contributed by atoms with Gasteiger partial charge < -0.3 is 15.5 Å². The highest BCUT2D eigenvalue weighted by molar-refractivity contribution is 5.80. The van der Waals surface area contributed by atoms with Crippen molar-refractivity contribution in [2.24, 2.45) is 10.9 Å². The van der Waals surface area contributed by atoms with E-state index in [0.717, 1.165) is 29.8 Å². The van der Waals surface area contributed by atoms with Crippen LogP contribution in [0.3, 0.4) is 0 Å². The van der Waals surface area contributed by atoms with Gasteiger partial charge in [0.15, 0.2) is 5.96 Å². The van der Waals surface area contributed by atoms with Crippen LogP contribution in [0.1, 0.15) is 25.8 Å². The van der Waals surface area contributed by atoms with Gasteiger partial charge in [-0.25, -0.2) is 9.98 Å². The first-order valence-corrected chi connectivity index (χ1v) is 7.28. The molecule has 2 rings (SSSR count). The van der Waals surface area contributed by atoms with Gasteiger partial charge in [0.05, 0.1) is 6.54 Å². The van der Waals surface area contributed by atoms with E-state index < -0.39 is 0 Å². The number of rotatable bonds is 5. The Bertz CT molecular complexity index is 469. The number of anilines is 1. The summed E-state index contributed by atoms with van der Waals surface area (Å²) in [6.45, 7) is 5.85. The van der Waals surface area contributed by atoms with Crippen LogP contribution in [0.15, 0.2) is 23.3 Å². The molecular weight excluding hydrogens is 250 g/mol. The van der Waals surface area contributed by atoms with E-state index in [1.165, 1.54) is 6.42 Å². The molecule has 1 aliphatic carbocycles. The van der Waals surface area contributed by atoms with Crippen LogP contribution in [0.4, 0.5) is 5.82 Å². The largest absolute Gasteiger partial charge is 0.362 e. The fraction of sp³-hybridized carbons (Fsp3) is 0.600. The molecule has 0 radical (unpaired) electrons. The van der Waals surface area contributed by atoms with Crippen molar-refractivity contribution in [2.75, 3.05) is 25.5 Å². The van der Waals surface area contributed by atoms with Crippen LogP contribution in [-0.4, -0.2) is 37.6 Å². The Labute approximate surface area is 121 Å². The van der Waals surface area contributed by atoms with Crippen molar-refractivity contribution < 1.29 is 0 Å². The number of aliphatic imine (C=N–C) groups is 1. The second-order valence-corrected chi connectivity index (χ2v) is 5.54. The minimum absolute atomic E-state index is 0.579. The Morgan fingerprint density at radius 3 is 2.85 bits per heavy atom. The van der Waals surface area contributed by atoms with Gasteiger partial charge in [0.25, 0.3) is 0 Å². The molecule has 2 unspecified atom stereocenters. The molecule has 20 heavy (non-hydrogen) atoms. The third-order valence-electron chi connectivity index (χ3n) is 3.47. The summed E-state index contributed by atoms with van der Waals surface area (Å²) < 4.78 is 0. The lowest BCUT2D eigenvalue weighted by molar-refractivity contribution is 0.766. The number of nitrogens with zero attached hydrogens (tertiary/aromatic N) is 3. The topological polar surface area (TPSA) is 52.6 Å². The molecule has 1 saturated carbocycles. The molecule has 1 heterocycles. The molecule has 1 aromatic heterocycles. The zero-order valence-corrected chi connectivity index (χ0v) is 12.8. The highest BCUT2D eigenvalue weighted by Gasteiger charge is 2.33. The van der Waals surface area contributed by atoms with E-state index in [1.807, 2.05) is 31.3 Å². The number of pyridine rings is 1. The highest BCUT2D eigenvalue weighted by atomic mass is 15.2. The highest BCUT2D eigenvalue weighted by Crippen LogP contribution is 2.28. The van der Waals surface area contributed by atoms with Crippen molar-refractivity contribution in [3.63, 3.8) is 0 Å². The first kappa shape index (κ1) is 14.6. The van der Waals surface area contributed by atoms with Gasteiger partial charge in [-0.3, -0.25) is 0 Å². The standard InChI is InChI=1S/C15H25N5/c1-5-16-15(19-13-9-11(13)2)18-10-12-7-6-8-17-14(12)20(3)4/h6-8,11,13H,5,9-10H2,1-4H3,(H2,16,18,19). The van der Waals surface area contributed by atoms with Gasteiger partial charge in [-0.05, 0) is 25.3 Å². The third kappa shape index (κ3) is 3.85. The fourth-order valence-corrected chi connectivity index (χ4v) is 2.14. The van der Waals surface area contributed by atoms with Gasteiger partial charge in [-0.15, -0.1) is 0 Å². The van der Waals surface area contributed by atoms with Crippen molar-refractivity contribution in [1.29, 1.82) is 0 Å². The lowest BCUT2D eigenvalue weighted by Crippen LogP contribution is -2.39. The molecule has 1 fully saturated rings. The van der Waals surface area contributed by atoms with E-state index in [-0.39, 0.29) is 0 Å². The second kappa shape index (κ2) is 6.59. The van der Waals surface area contributed by atoms with Crippen molar-refractivity contribution in [3.8, 4) is 0 Å². The molecule has 5 heteroatoms. The first-order valence-electron chi connectivity index (χ1n) is 7.28. The summed E-state index contributed by atoms with van der Waals surface area (Å²) in [7, 11) is 4.01. The number of nitrogens with one attached hydrogen (secondary N) is 2. The van der Waals surface area contributed by atoms with E-state index in [2.05, 4.69) is 40.5 Å². The lowest BCUT2D eigenvalue weighted by Gasteiger charge is -2.15. The van der Waals surface area contributed by atoms with Crippen LogP contribution in [-0.2, 0) is 6.54 Å². The average molecular weight is 275 g/mol. The molecule has 0 saturated heterocycles. The number of hydrogen-bond donors (Lipinski definition) is 2. The van der Waals surface area contributed by atoms with E-state index in [1.54, 1.807) is 0 Å². The zero-order chi connectivity index (χ0) is 14.5. The summed E-state index contributed by atoms with van der Waals surface area (Å²) in [6, 6.07) is 4.62. The van der Waals surface area contributed by atoms with Gasteiger partial charge >= 0.3 is 0 Å². The average Bonchev–Trinajstić information content (AvgIpc) is 3.12. The predicted molar refractivity (Wildman–Crippen MR) is 84.1 cm³/mol. The monoisotopic (exact) mass is 275 g/mol. The second-order valence-electron chi connectivity index (χ2n) is 5.54. The van der Waals surface area contributed by atoms with E-state index >= 15 is 0 Å². The van der Waals surface area contributed by atoms with Crippen LogP contribution in [0.5, 0.6) is 0 Å². The summed E-state index contributed by atoms with van der Waals surface area (Å²) in [5, 5.41) is 6.76. The molecule has 0 bridgehead atoms. The molecule has 110 valence electrons. The van der Waals surface area contributed by atoms with Gasteiger partial charge in [0.1, 0.15) is 5.82 Å². The molecule has 1 aliphatic rings. The van der Waals surface area contributed by atoms with Gasteiger partial charge in [-0.2, -0.15) is 0 Å². The Hall–Kier alpha value is -1.78. The maximum atomic E-state index is 4.67. The Balaban J connectivity index is 2.04. The zero-order valence-electron chi connectivity index (χ0n) is 12.8. The Morgan fingerprint density at radius 2 is 2.25 bits per heavy atom. The van der Waals surface area contributed by atoms with Crippen molar-refractivity contribution in [2.45, 2.75) is 32.9 Å². The summed E-state index contributed by atoms with van der Waals surface area (Å²) in [5.41, 5.74) is 1.14. The summed E-state index contributed by atoms with van der Waals surface area (Å²) in [5.74, 6) is 2.64. The Morgan fingerprint density at radius 1 is 1.50 bits per heavy atom. The molecule has 0 spiro atoms. The fourth-order valence-electron chi connectivity index (χ4n) is 2.14. The molecule has 2 atom stereocenters. The maximum absolute atomic E-state index is 4.67. The lowest BCUT2D eigenvalue weighted by atomic mass is 10.2. The summed E-state index contributed by atoms with van der Waals surface area (Å²) in [4.78, 5) is 11.1. The number of hydrogen-bond acceptors (Lipinski definition) is 3. The smallest absolute Gasteiger partial charge is 0.191 e. The van der Waals surface area contributed by atoms with Gasteiger partial charge in [0, 0.05) is 38.4 Å². The summed E-state index contributed by atoms with van der Waals surface area (Å²) in [6.07, 6.45) is 3.05. The predicted octanol–water partition coefficient (Wildman–Crippen LogP) is 1.61. The van der Waals surface area contributed by atoms with E-state index in [0.29, 0.717) is 12.6 Å². The number of aromatic nitrogens is 1. The quantitative estimate of drug-likeness (QED) is 0.633. The van der Waals surface area contributed by atoms with Gasteiger partial charge in [-0.1, -0.05) is 13.0 Å². The van der Waals surface area contributed by atoms with Crippen LogP contribution in [0.25, 0.3) is 0 Å². The van der Waals surface area contributed by atoms with E-state index in [4.69, 9.17) is 0 Å². The molecule has 2 N–H and O–H groups in total. The van der Waals surface area contributed by atoms with E-state index in [9.17, 15) is 0 Å². The molecular formula is C15H25N5. The maximum Gasteiger partial charge on any atom is 0.191 e. The van der Waals surface area contributed by atoms with Crippen molar-refractivity contribution >= 4 is 11.8 Å². The minimum atomic E-state index is 0.579. The minimum Gasteiger partial charge on any atom is -0.362 e. The Kier molecular flexibility index (Phi) is 4.82. The summed E-state index contributed by atoms with van der Waals surface area (Å²) >= 11 is 0.